The quantitative estimate of drug-likeness (QED) is 0.829. The van der Waals surface area contributed by atoms with E-state index in [-0.39, 0.29) is 0 Å². The number of anilines is 2. The lowest BCUT2D eigenvalue weighted by molar-refractivity contribution is 0.0685. The number of hydrogen-bond donors (Lipinski definition) is 1. The number of aromatic nitrogens is 2. The molecule has 6 nitrogen and oxygen atoms in total. The van der Waals surface area contributed by atoms with Crippen molar-refractivity contribution >= 4 is 11.6 Å². The predicted molar refractivity (Wildman–Crippen MR) is 83.7 cm³/mol. The van der Waals surface area contributed by atoms with Crippen LogP contribution < -0.4 is 10.2 Å². The molecule has 1 aromatic heterocycles. The lowest BCUT2D eigenvalue weighted by Crippen LogP contribution is -2.30. The van der Waals surface area contributed by atoms with E-state index in [1.54, 1.807) is 0 Å². The van der Waals surface area contributed by atoms with Gasteiger partial charge in [0.15, 0.2) is 5.82 Å². The first kappa shape index (κ1) is 16.0. The van der Waals surface area contributed by atoms with Gasteiger partial charge in [-0.05, 0) is 25.7 Å². The molecule has 0 radical (unpaired) electrons. The Morgan fingerprint density at radius 2 is 2.14 bits per heavy atom. The maximum absolute atomic E-state index is 5.42. The third-order valence-electron chi connectivity index (χ3n) is 3.71. The summed E-state index contributed by atoms with van der Waals surface area (Å²) < 4.78 is 10.8. The van der Waals surface area contributed by atoms with E-state index in [1.807, 2.05) is 20.0 Å². The van der Waals surface area contributed by atoms with E-state index in [9.17, 15) is 0 Å². The number of nitrogens with zero attached hydrogens (tertiary/aromatic N) is 3. The summed E-state index contributed by atoms with van der Waals surface area (Å²) in [5.74, 6) is 3.16. The molecule has 2 rings (SSSR count). The summed E-state index contributed by atoms with van der Waals surface area (Å²) in [6.07, 6.45) is 2.25. The molecule has 1 aromatic rings. The zero-order valence-corrected chi connectivity index (χ0v) is 13.3. The molecule has 0 aliphatic carbocycles. The van der Waals surface area contributed by atoms with Gasteiger partial charge in [-0.1, -0.05) is 0 Å². The molecule has 1 aliphatic heterocycles. The Balaban J connectivity index is 2.05. The molecule has 2 heterocycles. The van der Waals surface area contributed by atoms with E-state index in [0.717, 1.165) is 50.1 Å². The Labute approximate surface area is 126 Å². The fourth-order valence-corrected chi connectivity index (χ4v) is 2.47. The number of nitrogens with one attached hydrogen (secondary N) is 1. The highest BCUT2D eigenvalue weighted by Crippen LogP contribution is 2.20. The third kappa shape index (κ3) is 4.82. The van der Waals surface area contributed by atoms with Crippen molar-refractivity contribution in [3.8, 4) is 0 Å². The molecule has 6 heteroatoms. The first-order chi connectivity index (χ1) is 10.2. The van der Waals surface area contributed by atoms with Crippen molar-refractivity contribution in [2.45, 2.75) is 26.4 Å². The largest absolute Gasteiger partial charge is 0.381 e. The lowest BCUT2D eigenvalue weighted by Gasteiger charge is -2.28. The first-order valence-corrected chi connectivity index (χ1v) is 7.65. The van der Waals surface area contributed by atoms with E-state index in [0.29, 0.717) is 19.1 Å². The van der Waals surface area contributed by atoms with Gasteiger partial charge in [0, 0.05) is 46.5 Å². The third-order valence-corrected chi connectivity index (χ3v) is 3.71. The predicted octanol–water partition coefficient (Wildman–Crippen LogP) is 1.92. The molecule has 1 saturated heterocycles. The van der Waals surface area contributed by atoms with Gasteiger partial charge in [0.1, 0.15) is 18.2 Å². The van der Waals surface area contributed by atoms with E-state index in [2.05, 4.69) is 27.2 Å². The molecular formula is C15H26N4O2. The van der Waals surface area contributed by atoms with Gasteiger partial charge in [0.25, 0.3) is 0 Å². The van der Waals surface area contributed by atoms with Crippen LogP contribution in [0.3, 0.4) is 0 Å². The van der Waals surface area contributed by atoms with Crippen LogP contribution in [0.4, 0.5) is 11.6 Å². The van der Waals surface area contributed by atoms with Crippen LogP contribution in [0.2, 0.25) is 0 Å². The van der Waals surface area contributed by atoms with Crippen molar-refractivity contribution < 1.29 is 9.47 Å². The molecule has 1 aliphatic rings. The SMILES string of the molecule is CCOCc1nc(NC)cc(N(C)CC2CCOCC2)n1. The Hall–Kier alpha value is -1.40. The summed E-state index contributed by atoms with van der Waals surface area (Å²) in [4.78, 5) is 11.2. The summed E-state index contributed by atoms with van der Waals surface area (Å²) in [6.45, 7) is 5.83. The van der Waals surface area contributed by atoms with E-state index in [4.69, 9.17) is 9.47 Å². The lowest BCUT2D eigenvalue weighted by atomic mass is 10.00. The highest BCUT2D eigenvalue weighted by atomic mass is 16.5. The highest BCUT2D eigenvalue weighted by molar-refractivity contribution is 5.48. The van der Waals surface area contributed by atoms with E-state index < -0.39 is 0 Å². The molecule has 1 fully saturated rings. The number of rotatable bonds is 7. The van der Waals surface area contributed by atoms with Gasteiger partial charge in [-0.25, -0.2) is 9.97 Å². The second kappa shape index (κ2) is 8.14. The average molecular weight is 294 g/mol. The van der Waals surface area contributed by atoms with Gasteiger partial charge in [-0.2, -0.15) is 0 Å². The van der Waals surface area contributed by atoms with Crippen molar-refractivity contribution in [2.24, 2.45) is 5.92 Å². The zero-order valence-electron chi connectivity index (χ0n) is 13.3. The molecule has 0 spiro atoms. The fraction of sp³-hybridized carbons (Fsp3) is 0.733. The Kier molecular flexibility index (Phi) is 6.20. The Morgan fingerprint density at radius 1 is 1.38 bits per heavy atom. The molecule has 0 unspecified atom stereocenters. The molecule has 21 heavy (non-hydrogen) atoms. The Bertz CT molecular complexity index is 436. The summed E-state index contributed by atoms with van der Waals surface area (Å²) >= 11 is 0. The van der Waals surface area contributed by atoms with Crippen LogP contribution >= 0.6 is 0 Å². The van der Waals surface area contributed by atoms with Gasteiger partial charge in [-0.15, -0.1) is 0 Å². The van der Waals surface area contributed by atoms with Crippen LogP contribution in [0, 0.1) is 5.92 Å². The maximum Gasteiger partial charge on any atom is 0.158 e. The molecule has 0 saturated carbocycles. The van der Waals surface area contributed by atoms with Crippen LogP contribution in [0.1, 0.15) is 25.6 Å². The monoisotopic (exact) mass is 294 g/mol. The van der Waals surface area contributed by atoms with Crippen molar-refractivity contribution in [2.75, 3.05) is 50.7 Å². The van der Waals surface area contributed by atoms with Gasteiger partial charge < -0.3 is 19.7 Å². The molecule has 0 atom stereocenters. The first-order valence-electron chi connectivity index (χ1n) is 7.65. The molecule has 0 bridgehead atoms. The molecule has 0 amide bonds. The minimum absolute atomic E-state index is 0.449. The van der Waals surface area contributed by atoms with Crippen LogP contribution in [-0.2, 0) is 16.1 Å². The minimum atomic E-state index is 0.449. The molecule has 1 N–H and O–H groups in total. The van der Waals surface area contributed by atoms with Crippen molar-refractivity contribution in [1.29, 1.82) is 0 Å². The van der Waals surface area contributed by atoms with Gasteiger partial charge in [-0.3, -0.25) is 0 Å². The normalized spacial score (nSPS) is 16.0. The number of ether oxygens (including phenoxy) is 2. The van der Waals surface area contributed by atoms with Gasteiger partial charge in [0.2, 0.25) is 0 Å². The Morgan fingerprint density at radius 3 is 2.81 bits per heavy atom. The zero-order chi connectivity index (χ0) is 15.1. The van der Waals surface area contributed by atoms with Crippen LogP contribution in [0.15, 0.2) is 6.07 Å². The summed E-state index contributed by atoms with van der Waals surface area (Å²) in [6, 6.07) is 1.98. The second-order valence-electron chi connectivity index (χ2n) is 5.35. The van der Waals surface area contributed by atoms with E-state index in [1.165, 1.54) is 0 Å². The number of hydrogen-bond acceptors (Lipinski definition) is 6. The average Bonchev–Trinajstić information content (AvgIpc) is 2.53. The van der Waals surface area contributed by atoms with Crippen LogP contribution in [0.25, 0.3) is 0 Å². The fourth-order valence-electron chi connectivity index (χ4n) is 2.47. The highest BCUT2D eigenvalue weighted by Gasteiger charge is 2.17. The van der Waals surface area contributed by atoms with Crippen molar-refractivity contribution in [1.82, 2.24) is 9.97 Å². The van der Waals surface area contributed by atoms with Crippen molar-refractivity contribution in [3.63, 3.8) is 0 Å². The summed E-state index contributed by atoms with van der Waals surface area (Å²) in [5.41, 5.74) is 0. The second-order valence-corrected chi connectivity index (χ2v) is 5.35. The standard InChI is InChI=1S/C15H26N4O2/c1-4-20-11-14-17-13(16-2)9-15(18-14)19(3)10-12-5-7-21-8-6-12/h9,12H,4-8,10-11H2,1-3H3,(H,16,17,18). The van der Waals surface area contributed by atoms with Crippen molar-refractivity contribution in [3.05, 3.63) is 11.9 Å². The smallest absolute Gasteiger partial charge is 0.158 e. The van der Waals surface area contributed by atoms with Crippen LogP contribution in [0.5, 0.6) is 0 Å². The molecular weight excluding hydrogens is 268 g/mol. The topological polar surface area (TPSA) is 59.5 Å². The summed E-state index contributed by atoms with van der Waals surface area (Å²) in [5, 5.41) is 3.09. The van der Waals surface area contributed by atoms with E-state index >= 15 is 0 Å². The van der Waals surface area contributed by atoms with Gasteiger partial charge in [0.05, 0.1) is 0 Å². The maximum atomic E-state index is 5.42. The molecule has 118 valence electrons. The van der Waals surface area contributed by atoms with Gasteiger partial charge >= 0.3 is 0 Å². The summed E-state index contributed by atoms with van der Waals surface area (Å²) in [7, 11) is 3.96. The molecule has 0 aromatic carbocycles. The minimum Gasteiger partial charge on any atom is -0.381 e. The van der Waals surface area contributed by atoms with Crippen LogP contribution in [-0.4, -0.2) is 50.4 Å².